The lowest BCUT2D eigenvalue weighted by molar-refractivity contribution is 0.152. The molecule has 15 heavy (non-hydrogen) atoms. The number of rotatable bonds is 2. The van der Waals surface area contributed by atoms with Gasteiger partial charge >= 0.3 is 5.95 Å². The number of hydrogen-bond acceptors (Lipinski definition) is 5. The van der Waals surface area contributed by atoms with E-state index < -0.39 is 0 Å². The summed E-state index contributed by atoms with van der Waals surface area (Å²) in [6.45, 7) is 0. The molecule has 0 saturated heterocycles. The molecule has 1 heterocycles. The zero-order valence-electron chi connectivity index (χ0n) is 8.43. The third-order valence-electron chi connectivity index (χ3n) is 2.04. The number of hydrogen-bond donors (Lipinski definition) is 1. The van der Waals surface area contributed by atoms with Crippen molar-refractivity contribution < 1.29 is 19.4 Å². The molecule has 1 aromatic carbocycles. The van der Waals surface area contributed by atoms with E-state index in [1.165, 1.54) is 18.4 Å². The van der Waals surface area contributed by atoms with Gasteiger partial charge in [-0.25, -0.2) is 5.06 Å². The first kappa shape index (κ1) is 9.67. The van der Waals surface area contributed by atoms with Crippen LogP contribution in [0.4, 0.5) is 5.69 Å². The Morgan fingerprint density at radius 1 is 1.33 bits per heavy atom. The van der Waals surface area contributed by atoms with E-state index in [4.69, 9.17) is 14.3 Å². The fraction of sp³-hybridized carbons (Fsp3) is 0.200. The molecule has 0 fully saturated rings. The largest absolute Gasteiger partial charge is 0.497 e. The number of nitrogens with zero attached hydrogens (tertiary/aromatic N) is 1. The molecule has 0 amide bonds. The third-order valence-corrected chi connectivity index (χ3v) is 2.04. The zero-order valence-corrected chi connectivity index (χ0v) is 8.43. The number of aliphatic hydroxyl groups excluding tert-OH is 1. The number of hydroxylamine groups is 1. The fourth-order valence-electron chi connectivity index (χ4n) is 1.35. The van der Waals surface area contributed by atoms with Crippen molar-refractivity contribution in [2.45, 2.75) is 0 Å². The summed E-state index contributed by atoms with van der Waals surface area (Å²) < 4.78 is 10.2. The Hall–Kier alpha value is -1.88. The number of methoxy groups -OCH3 is 1. The first-order valence-corrected chi connectivity index (χ1v) is 4.34. The van der Waals surface area contributed by atoms with Gasteiger partial charge in [0.15, 0.2) is 5.75 Å². The van der Waals surface area contributed by atoms with Crippen LogP contribution in [0.15, 0.2) is 30.3 Å². The van der Waals surface area contributed by atoms with Crippen LogP contribution in [-0.4, -0.2) is 19.3 Å². The lowest BCUT2D eigenvalue weighted by Gasteiger charge is -2.24. The summed E-state index contributed by atoms with van der Waals surface area (Å²) in [5, 5.41) is 10.7. The minimum absolute atomic E-state index is 0.224. The van der Waals surface area contributed by atoms with Crippen molar-refractivity contribution in [3.63, 3.8) is 0 Å². The molecule has 0 atom stereocenters. The Balaban J connectivity index is 2.42. The molecule has 80 valence electrons. The Labute approximate surface area is 87.0 Å². The normalized spacial score (nSPS) is 14.0. The molecule has 0 radical (unpaired) electrons. The highest BCUT2D eigenvalue weighted by Crippen LogP contribution is 2.36. The van der Waals surface area contributed by atoms with Gasteiger partial charge in [0.25, 0.3) is 0 Å². The molecule has 0 bridgehead atoms. The first-order valence-electron chi connectivity index (χ1n) is 4.34. The van der Waals surface area contributed by atoms with Crippen molar-refractivity contribution in [3.8, 4) is 11.5 Å². The van der Waals surface area contributed by atoms with Gasteiger partial charge in [0, 0.05) is 6.07 Å². The number of benzene rings is 1. The summed E-state index contributed by atoms with van der Waals surface area (Å²) in [5.41, 5.74) is 0.705. The zero-order chi connectivity index (χ0) is 10.8. The average Bonchev–Trinajstić information content (AvgIpc) is 2.26. The maximum atomic E-state index is 9.30. The predicted molar refractivity (Wildman–Crippen MR) is 53.8 cm³/mol. The Morgan fingerprint density at radius 2 is 2.13 bits per heavy atom. The highest BCUT2D eigenvalue weighted by Gasteiger charge is 2.19. The second kappa shape index (κ2) is 3.70. The Bertz CT molecular complexity index is 402. The van der Waals surface area contributed by atoms with E-state index in [2.05, 4.69) is 0 Å². The molecule has 0 unspecified atom stereocenters. The second-order valence-electron chi connectivity index (χ2n) is 2.91. The Morgan fingerprint density at radius 3 is 2.80 bits per heavy atom. The fourth-order valence-corrected chi connectivity index (χ4v) is 1.35. The number of aliphatic hydroxyl groups is 1. The highest BCUT2D eigenvalue weighted by atomic mass is 16.7. The van der Waals surface area contributed by atoms with Gasteiger partial charge in [-0.2, -0.15) is 0 Å². The average molecular weight is 209 g/mol. The summed E-state index contributed by atoms with van der Waals surface area (Å²) in [7, 11) is 3.07. The maximum Gasteiger partial charge on any atom is 0.302 e. The monoisotopic (exact) mass is 209 g/mol. The van der Waals surface area contributed by atoms with Crippen molar-refractivity contribution in [2.75, 3.05) is 19.3 Å². The van der Waals surface area contributed by atoms with E-state index in [1.54, 1.807) is 25.3 Å². The molecule has 1 aromatic rings. The molecule has 1 aliphatic rings. The van der Waals surface area contributed by atoms with Gasteiger partial charge in [-0.15, -0.1) is 0 Å². The summed E-state index contributed by atoms with van der Waals surface area (Å²) in [6.07, 6.45) is 1.34. The highest BCUT2D eigenvalue weighted by molar-refractivity contribution is 5.63. The van der Waals surface area contributed by atoms with Gasteiger partial charge in [-0.05, 0) is 12.1 Å². The van der Waals surface area contributed by atoms with Crippen LogP contribution in [0.25, 0.3) is 0 Å². The van der Waals surface area contributed by atoms with Gasteiger partial charge in [0.2, 0.25) is 0 Å². The lowest BCUT2D eigenvalue weighted by Crippen LogP contribution is -2.20. The lowest BCUT2D eigenvalue weighted by atomic mass is 10.2. The standard InChI is InChI=1S/C10H11NO4/c1-13-7-3-4-8-9(5-7)15-10(12)6-11(8)14-2/h3-6,12H,1-2H3. The SMILES string of the molecule is COc1ccc2c(c1)OC(O)=CN2OC. The van der Waals surface area contributed by atoms with E-state index in [9.17, 15) is 5.11 Å². The summed E-state index contributed by atoms with van der Waals surface area (Å²) >= 11 is 0. The van der Waals surface area contributed by atoms with E-state index >= 15 is 0 Å². The molecule has 0 aliphatic carbocycles. The van der Waals surface area contributed by atoms with Crippen molar-refractivity contribution >= 4 is 5.69 Å². The number of ether oxygens (including phenoxy) is 2. The molecule has 5 nitrogen and oxygen atoms in total. The molecule has 0 saturated carbocycles. The molecule has 1 N–H and O–H groups in total. The van der Waals surface area contributed by atoms with Crippen LogP contribution in [0.3, 0.4) is 0 Å². The van der Waals surface area contributed by atoms with Crippen molar-refractivity contribution in [1.29, 1.82) is 0 Å². The second-order valence-corrected chi connectivity index (χ2v) is 2.91. The van der Waals surface area contributed by atoms with Gasteiger partial charge < -0.3 is 14.6 Å². The van der Waals surface area contributed by atoms with Crippen LogP contribution in [0.1, 0.15) is 0 Å². The van der Waals surface area contributed by atoms with E-state index in [1.807, 2.05) is 0 Å². The predicted octanol–water partition coefficient (Wildman–Crippen LogP) is 1.81. The molecule has 2 rings (SSSR count). The third kappa shape index (κ3) is 1.69. The van der Waals surface area contributed by atoms with Crippen molar-refractivity contribution in [2.24, 2.45) is 0 Å². The maximum absolute atomic E-state index is 9.30. The van der Waals surface area contributed by atoms with Crippen LogP contribution in [0.5, 0.6) is 11.5 Å². The minimum Gasteiger partial charge on any atom is -0.497 e. The quantitative estimate of drug-likeness (QED) is 0.805. The van der Waals surface area contributed by atoms with Gasteiger partial charge in [0.05, 0.1) is 14.2 Å². The molecule has 5 heteroatoms. The van der Waals surface area contributed by atoms with Crippen LogP contribution in [0.2, 0.25) is 0 Å². The molecule has 0 aromatic heterocycles. The van der Waals surface area contributed by atoms with E-state index in [0.29, 0.717) is 17.2 Å². The van der Waals surface area contributed by atoms with Gasteiger partial charge in [0.1, 0.15) is 17.6 Å². The summed E-state index contributed by atoms with van der Waals surface area (Å²) in [6, 6.07) is 5.23. The van der Waals surface area contributed by atoms with Crippen molar-refractivity contribution in [1.82, 2.24) is 0 Å². The molecule has 1 aliphatic heterocycles. The van der Waals surface area contributed by atoms with Gasteiger partial charge in [-0.3, -0.25) is 4.84 Å². The van der Waals surface area contributed by atoms with Crippen LogP contribution in [0, 0.1) is 0 Å². The van der Waals surface area contributed by atoms with Crippen LogP contribution < -0.4 is 14.5 Å². The first-order chi connectivity index (χ1) is 7.24. The Kier molecular flexibility index (Phi) is 2.39. The smallest absolute Gasteiger partial charge is 0.302 e. The van der Waals surface area contributed by atoms with E-state index in [-0.39, 0.29) is 5.95 Å². The van der Waals surface area contributed by atoms with Crippen LogP contribution in [-0.2, 0) is 4.84 Å². The summed E-state index contributed by atoms with van der Waals surface area (Å²) in [5.74, 6) is 0.910. The van der Waals surface area contributed by atoms with E-state index in [0.717, 1.165) is 0 Å². The molecular weight excluding hydrogens is 198 g/mol. The summed E-state index contributed by atoms with van der Waals surface area (Å²) in [4.78, 5) is 5.04. The topological polar surface area (TPSA) is 51.2 Å². The minimum atomic E-state index is -0.224. The molecule has 0 spiro atoms. The van der Waals surface area contributed by atoms with Crippen molar-refractivity contribution in [3.05, 3.63) is 30.3 Å². The van der Waals surface area contributed by atoms with Crippen LogP contribution >= 0.6 is 0 Å². The number of anilines is 1. The van der Waals surface area contributed by atoms with Gasteiger partial charge in [-0.1, -0.05) is 0 Å². The number of fused-ring (bicyclic) bond motifs is 1. The molecular formula is C10H11NO4.